The average Bonchev–Trinajstić information content (AvgIpc) is 3.24. The summed E-state index contributed by atoms with van der Waals surface area (Å²) in [6.45, 7) is 1.53. The minimum absolute atomic E-state index is 0.210. The molecular formula is C21H18Cl2N6OS. The number of nitroso groups, excluding NO2 is 1. The van der Waals surface area contributed by atoms with Gasteiger partial charge in [-0.15, -0.1) is 4.91 Å². The van der Waals surface area contributed by atoms with E-state index in [4.69, 9.17) is 28.2 Å². The van der Waals surface area contributed by atoms with Crippen LogP contribution in [0.1, 0.15) is 12.8 Å². The zero-order chi connectivity index (χ0) is 21.6. The first-order valence-corrected chi connectivity index (χ1v) is 11.2. The van der Waals surface area contributed by atoms with Gasteiger partial charge >= 0.3 is 0 Å². The highest BCUT2D eigenvalue weighted by Gasteiger charge is 2.12. The molecule has 0 bridgehead atoms. The Labute approximate surface area is 193 Å². The predicted octanol–water partition coefficient (Wildman–Crippen LogP) is 6.76. The van der Waals surface area contributed by atoms with Crippen LogP contribution in [-0.2, 0) is 0 Å². The van der Waals surface area contributed by atoms with Crippen LogP contribution in [0.5, 0.6) is 0 Å². The third-order valence-electron chi connectivity index (χ3n) is 4.56. The summed E-state index contributed by atoms with van der Waals surface area (Å²) in [7, 11) is 0. The molecule has 0 aliphatic carbocycles. The van der Waals surface area contributed by atoms with E-state index in [2.05, 4.69) is 25.2 Å². The van der Waals surface area contributed by atoms with Gasteiger partial charge in [-0.1, -0.05) is 35.3 Å². The molecule has 0 atom stereocenters. The van der Waals surface area contributed by atoms with Crippen molar-refractivity contribution in [2.45, 2.75) is 12.8 Å². The summed E-state index contributed by atoms with van der Waals surface area (Å²) in [5.41, 5.74) is 1.57. The van der Waals surface area contributed by atoms with Crippen LogP contribution >= 0.6 is 34.7 Å². The van der Waals surface area contributed by atoms with Gasteiger partial charge < -0.3 is 10.6 Å². The van der Waals surface area contributed by atoms with Gasteiger partial charge in [-0.3, -0.25) is 0 Å². The maximum atomic E-state index is 10.4. The molecule has 0 fully saturated rings. The third kappa shape index (κ3) is 5.28. The fourth-order valence-corrected chi connectivity index (χ4v) is 4.16. The number of nitrogens with one attached hydrogen (secondary N) is 2. The first-order valence-electron chi connectivity index (χ1n) is 9.64. The molecule has 0 saturated heterocycles. The van der Waals surface area contributed by atoms with Crippen LogP contribution in [0.4, 0.5) is 16.6 Å². The summed E-state index contributed by atoms with van der Waals surface area (Å²) in [6.07, 6.45) is 1.87. The maximum Gasteiger partial charge on any atom is 0.211 e. The van der Waals surface area contributed by atoms with E-state index >= 15 is 0 Å². The van der Waals surface area contributed by atoms with Gasteiger partial charge in [-0.25, -0.2) is 9.97 Å². The number of rotatable bonds is 9. The van der Waals surface area contributed by atoms with Crippen molar-refractivity contribution in [2.24, 2.45) is 5.18 Å². The van der Waals surface area contributed by atoms with E-state index in [1.165, 1.54) is 11.5 Å². The smallest absolute Gasteiger partial charge is 0.211 e. The van der Waals surface area contributed by atoms with E-state index in [-0.39, 0.29) is 5.82 Å². The second-order valence-electron chi connectivity index (χ2n) is 6.74. The summed E-state index contributed by atoms with van der Waals surface area (Å²) in [6, 6.07) is 14.8. The van der Waals surface area contributed by atoms with Crippen molar-refractivity contribution in [1.29, 1.82) is 0 Å². The number of hydrogen-bond acceptors (Lipinski definition) is 8. The Morgan fingerprint density at radius 2 is 1.77 bits per heavy atom. The van der Waals surface area contributed by atoms with E-state index in [1.807, 2.05) is 30.3 Å². The van der Waals surface area contributed by atoms with Gasteiger partial charge in [0, 0.05) is 35.1 Å². The fraction of sp³-hybridized carbons (Fsp3) is 0.190. The minimum Gasteiger partial charge on any atom is -0.376 e. The monoisotopic (exact) mass is 472 g/mol. The van der Waals surface area contributed by atoms with Gasteiger partial charge in [0.1, 0.15) is 10.8 Å². The average molecular weight is 473 g/mol. The first-order chi connectivity index (χ1) is 15.1. The summed E-state index contributed by atoms with van der Waals surface area (Å²) in [5, 5.41) is 12.4. The van der Waals surface area contributed by atoms with Crippen molar-refractivity contribution in [2.75, 3.05) is 23.7 Å². The van der Waals surface area contributed by atoms with E-state index < -0.39 is 0 Å². The molecule has 0 amide bonds. The number of fused-ring (bicyclic) bond motifs is 1. The number of benzene rings is 2. The molecule has 2 aromatic carbocycles. The van der Waals surface area contributed by atoms with E-state index in [1.54, 1.807) is 18.2 Å². The SMILES string of the molecule is O=Nc1cc(NCCCCNc2nc(-c3ccc(Cl)cc3Cl)nc3ccccc23)sn1. The van der Waals surface area contributed by atoms with Crippen molar-refractivity contribution in [3.63, 3.8) is 0 Å². The van der Waals surface area contributed by atoms with Gasteiger partial charge in [-0.05, 0) is 59.9 Å². The number of hydrogen-bond donors (Lipinski definition) is 2. The number of halogens is 2. The molecule has 4 aromatic rings. The lowest BCUT2D eigenvalue weighted by molar-refractivity contribution is 0.795. The summed E-state index contributed by atoms with van der Waals surface area (Å²) < 4.78 is 3.92. The number of unbranched alkanes of at least 4 members (excludes halogenated alkanes) is 1. The van der Waals surface area contributed by atoms with Gasteiger partial charge in [0.2, 0.25) is 5.82 Å². The predicted molar refractivity (Wildman–Crippen MR) is 129 cm³/mol. The molecule has 4 rings (SSSR count). The fourth-order valence-electron chi connectivity index (χ4n) is 3.06. The Bertz CT molecular complexity index is 1220. The van der Waals surface area contributed by atoms with E-state index in [0.717, 1.165) is 53.2 Å². The van der Waals surface area contributed by atoms with Crippen molar-refractivity contribution < 1.29 is 0 Å². The molecule has 0 aliphatic heterocycles. The molecular weight excluding hydrogens is 455 g/mol. The largest absolute Gasteiger partial charge is 0.376 e. The Morgan fingerprint density at radius 3 is 2.55 bits per heavy atom. The van der Waals surface area contributed by atoms with E-state index in [9.17, 15) is 4.91 Å². The van der Waals surface area contributed by atoms with Crippen LogP contribution in [0.15, 0.2) is 53.7 Å². The van der Waals surface area contributed by atoms with Crippen LogP contribution in [0, 0.1) is 4.91 Å². The van der Waals surface area contributed by atoms with Gasteiger partial charge in [-0.2, -0.15) is 4.37 Å². The Hall–Kier alpha value is -2.81. The normalized spacial score (nSPS) is 10.9. The number of anilines is 2. The number of aromatic nitrogens is 3. The summed E-state index contributed by atoms with van der Waals surface area (Å²) in [5.74, 6) is 1.53. The highest BCUT2D eigenvalue weighted by molar-refractivity contribution is 7.10. The molecule has 0 saturated carbocycles. The molecule has 31 heavy (non-hydrogen) atoms. The molecule has 10 heteroatoms. The Kier molecular flexibility index (Phi) is 6.91. The molecule has 2 heterocycles. The lowest BCUT2D eigenvalue weighted by Gasteiger charge is -2.12. The molecule has 7 nitrogen and oxygen atoms in total. The third-order valence-corrected chi connectivity index (χ3v) is 5.85. The van der Waals surface area contributed by atoms with Crippen LogP contribution in [0.3, 0.4) is 0 Å². The quantitative estimate of drug-likeness (QED) is 0.206. The zero-order valence-corrected chi connectivity index (χ0v) is 18.6. The van der Waals surface area contributed by atoms with Gasteiger partial charge in [0.15, 0.2) is 5.82 Å². The zero-order valence-electron chi connectivity index (χ0n) is 16.3. The second-order valence-corrected chi connectivity index (χ2v) is 8.39. The lowest BCUT2D eigenvalue weighted by Crippen LogP contribution is -2.08. The summed E-state index contributed by atoms with van der Waals surface area (Å²) in [4.78, 5) is 19.8. The maximum absolute atomic E-state index is 10.4. The van der Waals surface area contributed by atoms with Crippen molar-refractivity contribution in [1.82, 2.24) is 14.3 Å². The lowest BCUT2D eigenvalue weighted by atomic mass is 10.1. The van der Waals surface area contributed by atoms with Crippen LogP contribution < -0.4 is 10.6 Å². The van der Waals surface area contributed by atoms with Crippen molar-refractivity contribution >= 4 is 62.3 Å². The Morgan fingerprint density at radius 1 is 0.968 bits per heavy atom. The molecule has 0 spiro atoms. The topological polar surface area (TPSA) is 92.2 Å². The number of nitrogens with zero attached hydrogens (tertiary/aromatic N) is 4. The Balaban J connectivity index is 1.42. The molecule has 2 N–H and O–H groups in total. The van der Waals surface area contributed by atoms with Gasteiger partial charge in [0.25, 0.3) is 0 Å². The first kappa shape index (κ1) is 21.4. The second kappa shape index (κ2) is 10.00. The summed E-state index contributed by atoms with van der Waals surface area (Å²) >= 11 is 13.6. The van der Waals surface area contributed by atoms with Crippen LogP contribution in [0.25, 0.3) is 22.3 Å². The highest BCUT2D eigenvalue weighted by Crippen LogP contribution is 2.31. The standard InChI is InChI=1S/C21H18Cl2N6OS/c22-13-7-8-14(16(23)11-13)21-26-17-6-2-1-5-15(17)20(27-21)25-10-4-3-9-24-19-12-18(28-30)29-31-19/h1-2,5-8,11-12,24H,3-4,9-10H2,(H,25,26,27). The van der Waals surface area contributed by atoms with Gasteiger partial charge in [0.05, 0.1) is 10.5 Å². The molecule has 158 valence electrons. The molecule has 0 radical (unpaired) electrons. The molecule has 2 aromatic heterocycles. The van der Waals surface area contributed by atoms with Crippen molar-refractivity contribution in [3.05, 3.63) is 63.5 Å². The van der Waals surface area contributed by atoms with Crippen LogP contribution in [0.2, 0.25) is 10.0 Å². The minimum atomic E-state index is 0.210. The van der Waals surface area contributed by atoms with Crippen molar-refractivity contribution in [3.8, 4) is 11.4 Å². The molecule has 0 aliphatic rings. The van der Waals surface area contributed by atoms with E-state index in [0.29, 0.717) is 15.9 Å². The number of para-hydroxylation sites is 1. The highest BCUT2D eigenvalue weighted by atomic mass is 35.5. The molecule has 0 unspecified atom stereocenters. The van der Waals surface area contributed by atoms with Crippen LogP contribution in [-0.4, -0.2) is 27.4 Å².